The van der Waals surface area contributed by atoms with Gasteiger partial charge in [-0.25, -0.2) is 0 Å². The van der Waals surface area contributed by atoms with Crippen molar-refractivity contribution in [2.24, 2.45) is 0 Å². The van der Waals surface area contributed by atoms with Gasteiger partial charge in [0.2, 0.25) is 0 Å². The summed E-state index contributed by atoms with van der Waals surface area (Å²) in [6.07, 6.45) is 0. The first-order valence-electron chi connectivity index (χ1n) is 5.07. The monoisotopic (exact) mass is 355 g/mol. The summed E-state index contributed by atoms with van der Waals surface area (Å²) in [5, 5.41) is 0. The molecule has 2 aromatic rings. The van der Waals surface area contributed by atoms with Gasteiger partial charge in [0.05, 0.1) is 0 Å². The van der Waals surface area contributed by atoms with Crippen LogP contribution < -0.4 is 10.5 Å². The van der Waals surface area contributed by atoms with E-state index in [4.69, 9.17) is 10.5 Å². The first-order chi connectivity index (χ1) is 8.15. The highest BCUT2D eigenvalue weighted by Gasteiger charge is 2.01. The van der Waals surface area contributed by atoms with Crippen molar-refractivity contribution in [3.8, 4) is 5.75 Å². The third kappa shape index (κ3) is 3.48. The zero-order chi connectivity index (χ0) is 12.3. The molecular formula is C13H11Br2NO. The predicted molar refractivity (Wildman–Crippen MR) is 77.0 cm³/mol. The zero-order valence-electron chi connectivity index (χ0n) is 8.99. The molecule has 0 saturated carbocycles. The second kappa shape index (κ2) is 5.56. The summed E-state index contributed by atoms with van der Waals surface area (Å²) >= 11 is 6.78. The molecule has 0 unspecified atom stereocenters. The van der Waals surface area contributed by atoms with E-state index in [9.17, 15) is 0 Å². The summed E-state index contributed by atoms with van der Waals surface area (Å²) in [4.78, 5) is 0. The topological polar surface area (TPSA) is 35.2 Å². The van der Waals surface area contributed by atoms with Crippen LogP contribution in [-0.2, 0) is 6.61 Å². The van der Waals surface area contributed by atoms with Gasteiger partial charge in [-0.05, 0) is 30.3 Å². The fraction of sp³-hybridized carbons (Fsp3) is 0.0769. The van der Waals surface area contributed by atoms with E-state index in [1.807, 2.05) is 42.5 Å². The van der Waals surface area contributed by atoms with Crippen LogP contribution in [0.3, 0.4) is 0 Å². The fourth-order valence-corrected chi connectivity index (χ4v) is 2.17. The lowest BCUT2D eigenvalue weighted by molar-refractivity contribution is 0.306. The van der Waals surface area contributed by atoms with Crippen molar-refractivity contribution in [1.29, 1.82) is 0 Å². The van der Waals surface area contributed by atoms with Crippen molar-refractivity contribution in [3.05, 3.63) is 57.0 Å². The summed E-state index contributed by atoms with van der Waals surface area (Å²) in [6.45, 7) is 0.468. The number of hydrogen-bond donors (Lipinski definition) is 1. The molecule has 2 aromatic carbocycles. The third-order valence-corrected chi connectivity index (χ3v) is 3.28. The minimum Gasteiger partial charge on any atom is -0.489 e. The molecule has 0 amide bonds. The summed E-state index contributed by atoms with van der Waals surface area (Å²) < 4.78 is 7.64. The van der Waals surface area contributed by atoms with Gasteiger partial charge in [-0.3, -0.25) is 0 Å². The predicted octanol–water partition coefficient (Wildman–Crippen LogP) is 4.37. The maximum Gasteiger partial charge on any atom is 0.120 e. The van der Waals surface area contributed by atoms with Gasteiger partial charge in [-0.2, -0.15) is 0 Å². The summed E-state index contributed by atoms with van der Waals surface area (Å²) in [5.41, 5.74) is 7.61. The van der Waals surface area contributed by atoms with Crippen molar-refractivity contribution in [3.63, 3.8) is 0 Å². The van der Waals surface area contributed by atoms with Crippen LogP contribution in [0.1, 0.15) is 5.56 Å². The Morgan fingerprint density at radius 1 is 1.00 bits per heavy atom. The minimum absolute atomic E-state index is 0.468. The van der Waals surface area contributed by atoms with E-state index >= 15 is 0 Å². The third-order valence-electron chi connectivity index (χ3n) is 2.30. The van der Waals surface area contributed by atoms with E-state index in [1.54, 1.807) is 0 Å². The van der Waals surface area contributed by atoms with Crippen molar-refractivity contribution in [2.45, 2.75) is 6.61 Å². The van der Waals surface area contributed by atoms with Crippen LogP contribution in [0.15, 0.2) is 51.4 Å². The van der Waals surface area contributed by atoms with Gasteiger partial charge in [0.1, 0.15) is 12.4 Å². The quantitative estimate of drug-likeness (QED) is 0.828. The van der Waals surface area contributed by atoms with Gasteiger partial charge in [0.25, 0.3) is 0 Å². The Balaban J connectivity index is 2.07. The number of nitrogen functional groups attached to an aromatic ring is 1. The molecule has 2 nitrogen and oxygen atoms in total. The SMILES string of the molecule is Nc1cc(Br)ccc1COc1cccc(Br)c1. The highest BCUT2D eigenvalue weighted by Crippen LogP contribution is 2.22. The molecule has 2 rings (SSSR count). The molecule has 0 radical (unpaired) electrons. The Labute approximate surface area is 117 Å². The molecule has 0 aliphatic heterocycles. The highest BCUT2D eigenvalue weighted by molar-refractivity contribution is 9.10. The average molecular weight is 357 g/mol. The Hall–Kier alpha value is -1.00. The summed E-state index contributed by atoms with van der Waals surface area (Å²) in [5.74, 6) is 0.821. The Morgan fingerprint density at radius 3 is 2.47 bits per heavy atom. The second-order valence-electron chi connectivity index (χ2n) is 3.59. The molecule has 0 spiro atoms. The van der Waals surface area contributed by atoms with Crippen LogP contribution in [0.2, 0.25) is 0 Å². The van der Waals surface area contributed by atoms with Gasteiger partial charge in [-0.1, -0.05) is 44.0 Å². The number of ether oxygens (including phenoxy) is 1. The lowest BCUT2D eigenvalue weighted by atomic mass is 10.2. The minimum atomic E-state index is 0.468. The number of nitrogens with two attached hydrogens (primary N) is 1. The molecule has 17 heavy (non-hydrogen) atoms. The van der Waals surface area contributed by atoms with Gasteiger partial charge in [-0.15, -0.1) is 0 Å². The maximum absolute atomic E-state index is 5.90. The lowest BCUT2D eigenvalue weighted by Crippen LogP contribution is -2.00. The molecule has 4 heteroatoms. The standard InChI is InChI=1S/C13H11Br2NO/c14-10-2-1-3-12(6-10)17-8-9-4-5-11(15)7-13(9)16/h1-7H,8,16H2. The van der Waals surface area contributed by atoms with Crippen LogP contribution in [-0.4, -0.2) is 0 Å². The molecule has 0 aliphatic rings. The van der Waals surface area contributed by atoms with Crippen LogP contribution in [0.5, 0.6) is 5.75 Å². The molecule has 0 atom stereocenters. The van der Waals surface area contributed by atoms with Gasteiger partial charge in [0.15, 0.2) is 0 Å². The zero-order valence-corrected chi connectivity index (χ0v) is 12.2. The van der Waals surface area contributed by atoms with E-state index in [0.29, 0.717) is 6.61 Å². The molecule has 0 heterocycles. The van der Waals surface area contributed by atoms with Crippen molar-refractivity contribution in [1.82, 2.24) is 0 Å². The van der Waals surface area contributed by atoms with Gasteiger partial charge >= 0.3 is 0 Å². The van der Waals surface area contributed by atoms with E-state index in [2.05, 4.69) is 31.9 Å². The molecule has 0 aromatic heterocycles. The van der Waals surface area contributed by atoms with Crippen LogP contribution in [0, 0.1) is 0 Å². The number of halogens is 2. The van der Waals surface area contributed by atoms with E-state index < -0.39 is 0 Å². The molecule has 0 bridgehead atoms. The van der Waals surface area contributed by atoms with E-state index in [0.717, 1.165) is 25.9 Å². The maximum atomic E-state index is 5.90. The first kappa shape index (κ1) is 12.5. The highest BCUT2D eigenvalue weighted by atomic mass is 79.9. The van der Waals surface area contributed by atoms with Crippen LogP contribution in [0.4, 0.5) is 5.69 Å². The molecular weight excluding hydrogens is 346 g/mol. The van der Waals surface area contributed by atoms with Crippen LogP contribution >= 0.6 is 31.9 Å². The average Bonchev–Trinajstić information content (AvgIpc) is 2.28. The number of benzene rings is 2. The van der Waals surface area contributed by atoms with E-state index in [-0.39, 0.29) is 0 Å². The fourth-order valence-electron chi connectivity index (χ4n) is 1.42. The smallest absolute Gasteiger partial charge is 0.120 e. The number of rotatable bonds is 3. The molecule has 0 saturated heterocycles. The summed E-state index contributed by atoms with van der Waals surface area (Å²) in [7, 11) is 0. The summed E-state index contributed by atoms with van der Waals surface area (Å²) in [6, 6.07) is 13.5. The Morgan fingerprint density at radius 2 is 1.76 bits per heavy atom. The van der Waals surface area contributed by atoms with Crippen molar-refractivity contribution >= 4 is 37.5 Å². The second-order valence-corrected chi connectivity index (χ2v) is 5.42. The number of hydrogen-bond acceptors (Lipinski definition) is 2. The molecule has 0 fully saturated rings. The largest absolute Gasteiger partial charge is 0.489 e. The molecule has 2 N–H and O–H groups in total. The molecule has 0 aliphatic carbocycles. The molecule has 88 valence electrons. The Bertz CT molecular complexity index is 529. The Kier molecular flexibility index (Phi) is 4.07. The number of anilines is 1. The van der Waals surface area contributed by atoms with Crippen molar-refractivity contribution in [2.75, 3.05) is 5.73 Å². The van der Waals surface area contributed by atoms with Crippen molar-refractivity contribution < 1.29 is 4.74 Å². The lowest BCUT2D eigenvalue weighted by Gasteiger charge is -2.09. The van der Waals surface area contributed by atoms with Crippen LogP contribution in [0.25, 0.3) is 0 Å². The van der Waals surface area contributed by atoms with Gasteiger partial charge in [0, 0.05) is 20.2 Å². The van der Waals surface area contributed by atoms with Gasteiger partial charge < -0.3 is 10.5 Å². The first-order valence-corrected chi connectivity index (χ1v) is 6.66. The normalized spacial score (nSPS) is 10.2. The van der Waals surface area contributed by atoms with E-state index in [1.165, 1.54) is 0 Å².